The second kappa shape index (κ2) is 6.43. The Bertz CT molecular complexity index is 796. The van der Waals surface area contributed by atoms with E-state index in [1.165, 1.54) is 0 Å². The molecule has 0 fully saturated rings. The van der Waals surface area contributed by atoms with Crippen LogP contribution in [0.15, 0.2) is 18.2 Å². The lowest BCUT2D eigenvalue weighted by molar-refractivity contribution is -0.137. The van der Waals surface area contributed by atoms with Gasteiger partial charge in [0, 0.05) is 35.1 Å². The number of carbonyl (C=O) groups is 2. The predicted octanol–water partition coefficient (Wildman–Crippen LogP) is 2.25. The fourth-order valence-corrected chi connectivity index (χ4v) is 3.24. The van der Waals surface area contributed by atoms with Crippen molar-refractivity contribution in [3.8, 4) is 5.75 Å². The zero-order valence-corrected chi connectivity index (χ0v) is 13.7. The highest BCUT2D eigenvalue weighted by molar-refractivity contribution is 5.89. The first-order chi connectivity index (χ1) is 11.5. The van der Waals surface area contributed by atoms with Crippen LogP contribution in [-0.4, -0.2) is 46.9 Å². The molecule has 2 heterocycles. The summed E-state index contributed by atoms with van der Waals surface area (Å²) in [4.78, 5) is 24.9. The molecule has 3 rings (SSSR count). The van der Waals surface area contributed by atoms with Crippen LogP contribution < -0.4 is 4.74 Å². The number of methoxy groups -OCH3 is 1. The van der Waals surface area contributed by atoms with Gasteiger partial charge in [-0.3, -0.25) is 4.79 Å². The van der Waals surface area contributed by atoms with Crippen molar-refractivity contribution in [3.05, 3.63) is 29.5 Å². The standard InChI is InChI=1S/C17H20N2O5/c1-3-24-17(22)18-7-6-15-13(9-18)12-8-11(23-2)4-5-14(12)19(15)10-16(20)21/h4-5,8H,3,6-7,9-10H2,1-2H3,(H,20,21). The van der Waals surface area contributed by atoms with Crippen LogP contribution in [0.4, 0.5) is 4.79 Å². The van der Waals surface area contributed by atoms with E-state index < -0.39 is 5.97 Å². The number of amides is 1. The summed E-state index contributed by atoms with van der Waals surface area (Å²) < 4.78 is 12.2. The Morgan fingerprint density at radius 2 is 2.12 bits per heavy atom. The van der Waals surface area contributed by atoms with Gasteiger partial charge in [-0.1, -0.05) is 0 Å². The quantitative estimate of drug-likeness (QED) is 0.929. The molecule has 1 aliphatic rings. The van der Waals surface area contributed by atoms with Gasteiger partial charge in [-0.25, -0.2) is 4.79 Å². The summed E-state index contributed by atoms with van der Waals surface area (Å²) in [6.07, 6.45) is 0.253. The summed E-state index contributed by atoms with van der Waals surface area (Å²) in [5, 5.41) is 10.1. The van der Waals surface area contributed by atoms with E-state index in [0.29, 0.717) is 31.9 Å². The molecule has 0 aliphatic carbocycles. The number of aromatic nitrogens is 1. The minimum atomic E-state index is -0.890. The number of hydrogen-bond acceptors (Lipinski definition) is 4. The van der Waals surface area contributed by atoms with Crippen molar-refractivity contribution >= 4 is 23.0 Å². The van der Waals surface area contributed by atoms with Crippen LogP contribution in [0.5, 0.6) is 5.75 Å². The van der Waals surface area contributed by atoms with Gasteiger partial charge in [0.2, 0.25) is 0 Å². The van der Waals surface area contributed by atoms with Crippen LogP contribution in [0.1, 0.15) is 18.2 Å². The topological polar surface area (TPSA) is 81.0 Å². The molecule has 128 valence electrons. The molecule has 1 aromatic carbocycles. The number of carboxylic acid groups (broad SMARTS) is 1. The molecule has 0 unspecified atom stereocenters. The van der Waals surface area contributed by atoms with Gasteiger partial charge >= 0.3 is 12.1 Å². The third kappa shape index (κ3) is 2.77. The lowest BCUT2D eigenvalue weighted by atomic mass is 10.0. The molecule has 24 heavy (non-hydrogen) atoms. The van der Waals surface area contributed by atoms with E-state index in [0.717, 1.165) is 22.2 Å². The summed E-state index contributed by atoms with van der Waals surface area (Å²) in [6.45, 7) is 2.93. The van der Waals surface area contributed by atoms with Gasteiger partial charge in [0.05, 0.1) is 20.3 Å². The van der Waals surface area contributed by atoms with E-state index in [9.17, 15) is 14.7 Å². The minimum absolute atomic E-state index is 0.0996. The summed E-state index contributed by atoms with van der Waals surface area (Å²) in [5.41, 5.74) is 2.76. The summed E-state index contributed by atoms with van der Waals surface area (Å²) in [6, 6.07) is 5.57. The Balaban J connectivity index is 2.09. The first-order valence-electron chi connectivity index (χ1n) is 7.86. The van der Waals surface area contributed by atoms with Gasteiger partial charge in [-0.2, -0.15) is 0 Å². The Kier molecular flexibility index (Phi) is 4.33. The molecule has 0 atom stereocenters. The molecule has 7 nitrogen and oxygen atoms in total. The van der Waals surface area contributed by atoms with E-state index in [1.54, 1.807) is 18.9 Å². The lowest BCUT2D eigenvalue weighted by Gasteiger charge is -2.27. The average molecular weight is 332 g/mol. The van der Waals surface area contributed by atoms with Gasteiger partial charge in [0.15, 0.2) is 0 Å². The van der Waals surface area contributed by atoms with E-state index in [-0.39, 0.29) is 12.6 Å². The molecule has 1 N–H and O–H groups in total. The van der Waals surface area contributed by atoms with Gasteiger partial charge in [0.1, 0.15) is 12.3 Å². The number of aliphatic carboxylic acids is 1. The summed E-state index contributed by atoms with van der Waals surface area (Å²) in [7, 11) is 1.59. The number of hydrogen-bond donors (Lipinski definition) is 1. The average Bonchev–Trinajstić information content (AvgIpc) is 2.87. The van der Waals surface area contributed by atoms with Crippen molar-refractivity contribution in [1.29, 1.82) is 0 Å². The zero-order chi connectivity index (χ0) is 17.3. The van der Waals surface area contributed by atoms with Gasteiger partial charge in [-0.15, -0.1) is 0 Å². The van der Waals surface area contributed by atoms with Crippen molar-refractivity contribution in [2.75, 3.05) is 20.3 Å². The maximum atomic E-state index is 12.0. The molecule has 0 spiro atoms. The first kappa shape index (κ1) is 16.2. The SMILES string of the molecule is CCOC(=O)N1CCc2c(c3cc(OC)ccc3n2CC(=O)O)C1. The molecule has 1 aliphatic heterocycles. The highest BCUT2D eigenvalue weighted by Crippen LogP contribution is 2.33. The van der Waals surface area contributed by atoms with Crippen molar-refractivity contribution in [2.45, 2.75) is 26.4 Å². The fraction of sp³-hybridized carbons (Fsp3) is 0.412. The number of carbonyl (C=O) groups excluding carboxylic acids is 1. The van der Waals surface area contributed by atoms with Crippen LogP contribution in [0.3, 0.4) is 0 Å². The highest BCUT2D eigenvalue weighted by atomic mass is 16.6. The maximum Gasteiger partial charge on any atom is 0.410 e. The van der Waals surface area contributed by atoms with Gasteiger partial charge < -0.3 is 24.0 Å². The molecule has 1 aromatic heterocycles. The molecule has 0 bridgehead atoms. The van der Waals surface area contributed by atoms with E-state index in [4.69, 9.17) is 9.47 Å². The van der Waals surface area contributed by atoms with Crippen LogP contribution in [-0.2, 0) is 29.0 Å². The molecule has 1 amide bonds. The number of ether oxygens (including phenoxy) is 2. The molecular weight excluding hydrogens is 312 g/mol. The fourth-order valence-electron chi connectivity index (χ4n) is 3.24. The monoisotopic (exact) mass is 332 g/mol. The molecule has 2 aromatic rings. The number of rotatable bonds is 4. The van der Waals surface area contributed by atoms with Crippen molar-refractivity contribution in [1.82, 2.24) is 9.47 Å². The molecule has 0 saturated heterocycles. The minimum Gasteiger partial charge on any atom is -0.497 e. The lowest BCUT2D eigenvalue weighted by Crippen LogP contribution is -2.36. The van der Waals surface area contributed by atoms with Gasteiger partial charge in [0.25, 0.3) is 0 Å². The van der Waals surface area contributed by atoms with Crippen LogP contribution in [0.25, 0.3) is 10.9 Å². The molecule has 0 saturated carbocycles. The summed E-state index contributed by atoms with van der Waals surface area (Å²) >= 11 is 0. The Labute approximate surface area is 139 Å². The number of fused-ring (bicyclic) bond motifs is 3. The van der Waals surface area contributed by atoms with Crippen molar-refractivity contribution in [3.63, 3.8) is 0 Å². The first-order valence-corrected chi connectivity index (χ1v) is 7.86. The van der Waals surface area contributed by atoms with Gasteiger partial charge in [-0.05, 0) is 25.1 Å². The number of benzene rings is 1. The number of carboxylic acids is 1. The third-order valence-corrected chi connectivity index (χ3v) is 4.28. The third-order valence-electron chi connectivity index (χ3n) is 4.28. The van der Waals surface area contributed by atoms with E-state index in [2.05, 4.69) is 0 Å². The summed E-state index contributed by atoms with van der Waals surface area (Å²) in [5.74, 6) is -0.190. The molecule has 7 heteroatoms. The predicted molar refractivity (Wildman–Crippen MR) is 87.3 cm³/mol. The maximum absolute atomic E-state index is 12.0. The second-order valence-electron chi connectivity index (χ2n) is 5.66. The van der Waals surface area contributed by atoms with Crippen molar-refractivity contribution < 1.29 is 24.2 Å². The van der Waals surface area contributed by atoms with Crippen LogP contribution in [0.2, 0.25) is 0 Å². The Hall–Kier alpha value is -2.70. The molecule has 0 radical (unpaired) electrons. The highest BCUT2D eigenvalue weighted by Gasteiger charge is 2.28. The second-order valence-corrected chi connectivity index (χ2v) is 5.66. The number of nitrogens with zero attached hydrogens (tertiary/aromatic N) is 2. The normalized spacial score (nSPS) is 13.7. The zero-order valence-electron chi connectivity index (χ0n) is 13.7. The Morgan fingerprint density at radius 1 is 1.33 bits per heavy atom. The van der Waals surface area contributed by atoms with Crippen molar-refractivity contribution in [2.24, 2.45) is 0 Å². The largest absolute Gasteiger partial charge is 0.497 e. The Morgan fingerprint density at radius 3 is 2.79 bits per heavy atom. The smallest absolute Gasteiger partial charge is 0.410 e. The molecular formula is C17H20N2O5. The van der Waals surface area contributed by atoms with Crippen LogP contribution in [0, 0.1) is 0 Å². The van der Waals surface area contributed by atoms with Crippen LogP contribution >= 0.6 is 0 Å². The van der Waals surface area contributed by atoms with E-state index in [1.807, 2.05) is 22.8 Å². The van der Waals surface area contributed by atoms with E-state index >= 15 is 0 Å².